The molecule has 0 atom stereocenters. The average molecular weight is 527 g/mol. The summed E-state index contributed by atoms with van der Waals surface area (Å²) in [7, 11) is 7.01. The van der Waals surface area contributed by atoms with Crippen molar-refractivity contribution in [2.45, 2.75) is 6.92 Å². The van der Waals surface area contributed by atoms with Crippen molar-refractivity contribution in [3.05, 3.63) is 72.4 Å². The summed E-state index contributed by atoms with van der Waals surface area (Å²) in [6.45, 7) is 2.10. The predicted octanol–water partition coefficient (Wildman–Crippen LogP) is 2.34. The molecule has 0 aliphatic heterocycles. The molecule has 0 amide bonds. The van der Waals surface area contributed by atoms with Crippen molar-refractivity contribution in [3.8, 4) is 39.6 Å². The van der Waals surface area contributed by atoms with Gasteiger partial charge in [0.05, 0.1) is 26.7 Å². The van der Waals surface area contributed by atoms with Gasteiger partial charge < -0.3 is 38.2 Å². The van der Waals surface area contributed by atoms with Gasteiger partial charge in [-0.2, -0.15) is 4.57 Å². The van der Waals surface area contributed by atoms with Crippen molar-refractivity contribution < 1.29 is 42.8 Å². The third-order valence-electron chi connectivity index (χ3n) is 5.64. The van der Waals surface area contributed by atoms with Crippen LogP contribution >= 0.6 is 0 Å². The summed E-state index contributed by atoms with van der Waals surface area (Å²) in [6.07, 6.45) is 0. The molecule has 4 rings (SSSR count). The smallest absolute Gasteiger partial charge is 0.213 e. The number of ether oxygens (including phenoxy) is 3. The highest BCUT2D eigenvalue weighted by molar-refractivity contribution is 5.95. The highest BCUT2D eigenvalue weighted by Crippen LogP contribution is 2.44. The van der Waals surface area contributed by atoms with E-state index in [1.54, 1.807) is 21.3 Å². The van der Waals surface area contributed by atoms with Crippen LogP contribution in [0.1, 0.15) is 5.69 Å². The van der Waals surface area contributed by atoms with E-state index in [2.05, 4.69) is 73.1 Å². The number of rotatable bonds is 5. The van der Waals surface area contributed by atoms with Crippen molar-refractivity contribution >= 4 is 10.8 Å². The molecule has 160 valence electrons. The van der Waals surface area contributed by atoms with Crippen molar-refractivity contribution in [2.75, 3.05) is 21.3 Å². The fourth-order valence-corrected chi connectivity index (χ4v) is 4.02. The molecule has 0 aliphatic carbocycles. The van der Waals surface area contributed by atoms with Gasteiger partial charge in [-0.15, -0.1) is 0 Å². The quantitative estimate of drug-likeness (QED) is 0.295. The van der Waals surface area contributed by atoms with Crippen molar-refractivity contribution in [1.29, 1.82) is 0 Å². The maximum Gasteiger partial charge on any atom is 0.213 e. The maximum atomic E-state index is 5.73. The Morgan fingerprint density at radius 1 is 0.677 bits per heavy atom. The van der Waals surface area contributed by atoms with E-state index in [0.717, 1.165) is 27.7 Å². The monoisotopic (exact) mass is 527 g/mol. The number of aryl methyl sites for hydroxylation is 1. The fourth-order valence-electron chi connectivity index (χ4n) is 4.02. The number of hydrogen-bond acceptors (Lipinski definition) is 3. The molecule has 0 saturated carbocycles. The van der Waals surface area contributed by atoms with Crippen LogP contribution < -0.4 is 42.8 Å². The van der Waals surface area contributed by atoms with Gasteiger partial charge in [-0.1, -0.05) is 42.5 Å². The molecule has 0 fully saturated rings. The minimum Gasteiger partial charge on any atom is -1.00 e. The summed E-state index contributed by atoms with van der Waals surface area (Å²) in [4.78, 5) is 0. The van der Waals surface area contributed by atoms with E-state index in [-0.39, 0.29) is 24.0 Å². The number of hydrogen-bond donors (Lipinski definition) is 0. The molecule has 0 aliphatic rings. The zero-order chi connectivity index (χ0) is 21.3. The maximum absolute atomic E-state index is 5.73. The molecule has 4 nitrogen and oxygen atoms in total. The number of methoxy groups -OCH3 is 3. The van der Waals surface area contributed by atoms with Crippen LogP contribution in [0.15, 0.2) is 66.7 Å². The molecule has 4 aromatic rings. The zero-order valence-electron chi connectivity index (χ0n) is 18.4. The Balaban J connectivity index is 0.00000272. The van der Waals surface area contributed by atoms with Crippen LogP contribution in [0.25, 0.3) is 33.2 Å². The molecule has 31 heavy (non-hydrogen) atoms. The van der Waals surface area contributed by atoms with Gasteiger partial charge in [0, 0.05) is 23.9 Å². The van der Waals surface area contributed by atoms with Gasteiger partial charge >= 0.3 is 0 Å². The van der Waals surface area contributed by atoms with E-state index in [0.29, 0.717) is 17.2 Å². The fraction of sp³-hybridized carbons (Fsp3) is 0.192. The first-order chi connectivity index (χ1) is 14.6. The molecule has 0 unspecified atom stereocenters. The van der Waals surface area contributed by atoms with Crippen molar-refractivity contribution in [2.24, 2.45) is 7.05 Å². The Morgan fingerprint density at radius 2 is 1.32 bits per heavy atom. The Kier molecular flexibility index (Phi) is 7.05. The van der Waals surface area contributed by atoms with Crippen LogP contribution in [0.3, 0.4) is 0 Å². The first-order valence-electron chi connectivity index (χ1n) is 9.87. The third-order valence-corrected chi connectivity index (χ3v) is 5.64. The number of benzene rings is 3. The first-order valence-corrected chi connectivity index (χ1v) is 9.87. The Hall–Kier alpha value is -2.80. The molecular weight excluding hydrogens is 501 g/mol. The number of aromatic nitrogens is 1. The van der Waals surface area contributed by atoms with Crippen LogP contribution in [-0.4, -0.2) is 21.3 Å². The number of halogens is 1. The topological polar surface area (TPSA) is 31.6 Å². The van der Waals surface area contributed by atoms with E-state index in [1.165, 1.54) is 11.1 Å². The lowest BCUT2D eigenvalue weighted by molar-refractivity contribution is -0.665. The molecule has 0 radical (unpaired) electrons. The zero-order valence-corrected chi connectivity index (χ0v) is 20.6. The predicted molar refractivity (Wildman–Crippen MR) is 120 cm³/mol. The van der Waals surface area contributed by atoms with Crippen LogP contribution in [0, 0.1) is 6.92 Å². The lowest BCUT2D eigenvalue weighted by Crippen LogP contribution is -3.00. The highest BCUT2D eigenvalue weighted by atomic mass is 127. The van der Waals surface area contributed by atoms with E-state index in [4.69, 9.17) is 14.2 Å². The molecule has 1 heterocycles. The molecule has 3 aromatic carbocycles. The van der Waals surface area contributed by atoms with Crippen LogP contribution in [0.5, 0.6) is 17.2 Å². The highest BCUT2D eigenvalue weighted by Gasteiger charge is 2.24. The van der Waals surface area contributed by atoms with Crippen LogP contribution in [-0.2, 0) is 7.05 Å². The first kappa shape index (κ1) is 22.9. The van der Waals surface area contributed by atoms with Gasteiger partial charge in [0.1, 0.15) is 7.05 Å². The van der Waals surface area contributed by atoms with E-state index < -0.39 is 0 Å². The van der Waals surface area contributed by atoms with Crippen LogP contribution in [0.4, 0.5) is 0 Å². The molecule has 0 saturated heterocycles. The van der Waals surface area contributed by atoms with E-state index in [9.17, 15) is 0 Å². The summed E-state index contributed by atoms with van der Waals surface area (Å²) in [5.74, 6) is 1.94. The van der Waals surface area contributed by atoms with Gasteiger partial charge in [0.25, 0.3) is 0 Å². The Labute approximate surface area is 200 Å². The minimum atomic E-state index is 0. The second-order valence-electron chi connectivity index (χ2n) is 7.23. The largest absolute Gasteiger partial charge is 1.00 e. The molecule has 0 bridgehead atoms. The Bertz CT molecular complexity index is 1220. The average Bonchev–Trinajstić information content (AvgIpc) is 2.80. The number of pyridine rings is 1. The Morgan fingerprint density at radius 3 is 1.97 bits per heavy atom. The third kappa shape index (κ3) is 4.06. The normalized spacial score (nSPS) is 10.5. The summed E-state index contributed by atoms with van der Waals surface area (Å²) < 4.78 is 19.1. The summed E-state index contributed by atoms with van der Waals surface area (Å²) in [6, 6.07) is 23.2. The molecule has 5 heteroatoms. The summed E-state index contributed by atoms with van der Waals surface area (Å²) in [5, 5.41) is 2.06. The summed E-state index contributed by atoms with van der Waals surface area (Å²) >= 11 is 0. The van der Waals surface area contributed by atoms with E-state index >= 15 is 0 Å². The second-order valence-corrected chi connectivity index (χ2v) is 7.23. The molecule has 0 spiro atoms. The van der Waals surface area contributed by atoms with Gasteiger partial charge in [-0.25, -0.2) is 0 Å². The van der Waals surface area contributed by atoms with Crippen LogP contribution in [0.2, 0.25) is 0 Å². The summed E-state index contributed by atoms with van der Waals surface area (Å²) in [5.41, 5.74) is 5.75. The molecular formula is C26H26INO3. The second kappa shape index (κ2) is 9.56. The van der Waals surface area contributed by atoms with Crippen molar-refractivity contribution in [1.82, 2.24) is 0 Å². The molecule has 0 N–H and O–H groups in total. The number of nitrogens with zero attached hydrogens (tertiary/aromatic N) is 1. The van der Waals surface area contributed by atoms with Crippen molar-refractivity contribution in [3.63, 3.8) is 0 Å². The lowest BCUT2D eigenvalue weighted by Gasteiger charge is -2.16. The van der Waals surface area contributed by atoms with Gasteiger partial charge in [-0.05, 0) is 29.3 Å². The number of fused-ring (bicyclic) bond motifs is 1. The van der Waals surface area contributed by atoms with Gasteiger partial charge in [-0.3, -0.25) is 0 Å². The molecule has 1 aromatic heterocycles. The SMILES string of the molecule is COc1cc2cc(-c3cccc(-c4ccccc4)c3)[n+](C)c(C)c2c(OC)c1OC.[I-]. The van der Waals surface area contributed by atoms with Gasteiger partial charge in [0.15, 0.2) is 17.2 Å². The van der Waals surface area contributed by atoms with E-state index in [1.807, 2.05) is 12.1 Å². The standard InChI is InChI=1S/C26H26NO3.HI/c1-17-24-21(16-23(28-3)25(29-4)26(24)30-5)15-22(27(17)2)20-13-9-12-19(14-20)18-10-7-6-8-11-18;/h6-16H,1-5H3;1H/q+1;/p-1. The lowest BCUT2D eigenvalue weighted by atomic mass is 9.99. The van der Waals surface area contributed by atoms with Gasteiger partial charge in [0.2, 0.25) is 11.4 Å². The minimum absolute atomic E-state index is 0.